The highest BCUT2D eigenvalue weighted by molar-refractivity contribution is 6.09. The number of rotatable bonds is 2. The van der Waals surface area contributed by atoms with Gasteiger partial charge in [-0.1, -0.05) is 18.2 Å². The number of nitrogens with zero attached hydrogens (tertiary/aromatic N) is 1. The minimum Gasteiger partial charge on any atom is -0.453 e. The van der Waals surface area contributed by atoms with E-state index in [2.05, 4.69) is 4.98 Å². The minimum atomic E-state index is -0.128. The van der Waals surface area contributed by atoms with Crippen molar-refractivity contribution in [2.75, 3.05) is 0 Å². The zero-order chi connectivity index (χ0) is 12.5. The third kappa shape index (κ3) is 1.70. The van der Waals surface area contributed by atoms with E-state index in [1.807, 2.05) is 31.2 Å². The van der Waals surface area contributed by atoms with Gasteiger partial charge < -0.3 is 4.42 Å². The van der Waals surface area contributed by atoms with E-state index in [0.717, 1.165) is 11.0 Å². The number of furan rings is 1. The zero-order valence-electron chi connectivity index (χ0n) is 9.88. The van der Waals surface area contributed by atoms with E-state index in [1.54, 1.807) is 24.4 Å². The first-order chi connectivity index (χ1) is 8.75. The molecule has 0 radical (unpaired) electrons. The fourth-order valence-electron chi connectivity index (χ4n) is 1.95. The molecule has 3 nitrogen and oxygen atoms in total. The fourth-order valence-corrected chi connectivity index (χ4v) is 1.95. The van der Waals surface area contributed by atoms with Crippen molar-refractivity contribution < 1.29 is 9.21 Å². The molecule has 2 aromatic heterocycles. The number of para-hydroxylation sites is 1. The number of fused-ring (bicyclic) bond motifs is 1. The van der Waals surface area contributed by atoms with Crippen molar-refractivity contribution in [3.8, 4) is 0 Å². The molecule has 3 aromatic rings. The summed E-state index contributed by atoms with van der Waals surface area (Å²) >= 11 is 0. The third-order valence-corrected chi connectivity index (χ3v) is 2.90. The Bertz CT molecular complexity index is 695. The molecule has 18 heavy (non-hydrogen) atoms. The summed E-state index contributed by atoms with van der Waals surface area (Å²) in [6.07, 6.45) is 1.67. The van der Waals surface area contributed by atoms with Crippen molar-refractivity contribution >= 4 is 16.8 Å². The number of hydrogen-bond acceptors (Lipinski definition) is 3. The molecule has 0 amide bonds. The molecule has 0 aliphatic carbocycles. The molecule has 2 heterocycles. The van der Waals surface area contributed by atoms with Crippen LogP contribution in [0.1, 0.15) is 21.8 Å². The van der Waals surface area contributed by atoms with Crippen LogP contribution >= 0.6 is 0 Å². The van der Waals surface area contributed by atoms with Crippen molar-refractivity contribution in [3.05, 3.63) is 65.7 Å². The number of hydrogen-bond donors (Lipinski definition) is 0. The van der Waals surface area contributed by atoms with Gasteiger partial charge in [0, 0.05) is 22.8 Å². The molecule has 0 aliphatic heterocycles. The van der Waals surface area contributed by atoms with Crippen LogP contribution in [-0.2, 0) is 0 Å². The van der Waals surface area contributed by atoms with Crippen LogP contribution in [0.25, 0.3) is 11.0 Å². The van der Waals surface area contributed by atoms with Crippen molar-refractivity contribution in [3.63, 3.8) is 0 Å². The molecule has 0 spiro atoms. The van der Waals surface area contributed by atoms with Gasteiger partial charge in [0.1, 0.15) is 5.58 Å². The summed E-state index contributed by atoms with van der Waals surface area (Å²) < 4.78 is 5.56. The summed E-state index contributed by atoms with van der Waals surface area (Å²) in [4.78, 5) is 16.4. The summed E-state index contributed by atoms with van der Waals surface area (Å²) in [7, 11) is 0. The van der Waals surface area contributed by atoms with Crippen LogP contribution in [0.15, 0.2) is 53.1 Å². The second-order valence-electron chi connectivity index (χ2n) is 4.11. The highest BCUT2D eigenvalue weighted by atomic mass is 16.3. The average molecular weight is 237 g/mol. The molecule has 0 unspecified atom stereocenters. The fraction of sp³-hybridized carbons (Fsp3) is 0.0667. The van der Waals surface area contributed by atoms with Crippen molar-refractivity contribution in [1.82, 2.24) is 4.98 Å². The number of benzene rings is 1. The van der Waals surface area contributed by atoms with Gasteiger partial charge in [0.05, 0.1) is 0 Å². The Hall–Kier alpha value is -2.42. The molecule has 0 saturated carbocycles. The minimum absolute atomic E-state index is 0.128. The van der Waals surface area contributed by atoms with Crippen LogP contribution in [0.5, 0.6) is 0 Å². The second-order valence-corrected chi connectivity index (χ2v) is 4.11. The van der Waals surface area contributed by atoms with Crippen molar-refractivity contribution in [2.24, 2.45) is 0 Å². The van der Waals surface area contributed by atoms with Gasteiger partial charge in [-0.25, -0.2) is 0 Å². The van der Waals surface area contributed by atoms with Crippen LogP contribution in [0, 0.1) is 6.92 Å². The van der Waals surface area contributed by atoms with Gasteiger partial charge >= 0.3 is 0 Å². The summed E-state index contributed by atoms with van der Waals surface area (Å²) in [5.74, 6) is 0.226. The normalized spacial score (nSPS) is 10.7. The van der Waals surface area contributed by atoms with E-state index < -0.39 is 0 Å². The highest BCUT2D eigenvalue weighted by Gasteiger charge is 2.16. The number of pyridine rings is 1. The van der Waals surface area contributed by atoms with Gasteiger partial charge in [-0.3, -0.25) is 9.78 Å². The Labute approximate surface area is 104 Å². The Morgan fingerprint density at radius 2 is 2.00 bits per heavy atom. The maximum absolute atomic E-state index is 12.3. The van der Waals surface area contributed by atoms with Gasteiger partial charge in [-0.2, -0.15) is 0 Å². The maximum atomic E-state index is 12.3. The predicted octanol–water partition coefficient (Wildman–Crippen LogP) is 3.37. The molecule has 3 rings (SSSR count). The number of ketones is 1. The Morgan fingerprint density at radius 1 is 1.17 bits per heavy atom. The molecule has 0 atom stereocenters. The van der Waals surface area contributed by atoms with Gasteiger partial charge in [0.2, 0.25) is 5.78 Å². The van der Waals surface area contributed by atoms with E-state index in [4.69, 9.17) is 4.42 Å². The summed E-state index contributed by atoms with van der Waals surface area (Å²) in [5.41, 5.74) is 2.02. The average Bonchev–Trinajstić information content (AvgIpc) is 2.82. The molecule has 0 N–H and O–H groups in total. The van der Waals surface area contributed by atoms with Crippen LogP contribution in [0.2, 0.25) is 0 Å². The summed E-state index contributed by atoms with van der Waals surface area (Å²) in [5, 5.41) is 0.933. The van der Waals surface area contributed by atoms with E-state index in [-0.39, 0.29) is 5.78 Å². The molecular weight excluding hydrogens is 226 g/mol. The van der Waals surface area contributed by atoms with Gasteiger partial charge in [0.15, 0.2) is 5.76 Å². The Balaban J connectivity index is 2.10. The van der Waals surface area contributed by atoms with E-state index in [0.29, 0.717) is 17.0 Å². The maximum Gasteiger partial charge on any atom is 0.230 e. The lowest BCUT2D eigenvalue weighted by Gasteiger charge is -2.00. The van der Waals surface area contributed by atoms with Gasteiger partial charge in [-0.15, -0.1) is 0 Å². The predicted molar refractivity (Wildman–Crippen MR) is 68.6 cm³/mol. The standard InChI is InChI=1S/C15H11NO2/c1-10-12(6-4-8-16-10)15(17)14-9-11-5-2-3-7-13(11)18-14/h2-9H,1H3. The third-order valence-electron chi connectivity index (χ3n) is 2.90. The van der Waals surface area contributed by atoms with Crippen molar-refractivity contribution in [1.29, 1.82) is 0 Å². The molecule has 88 valence electrons. The van der Waals surface area contributed by atoms with Crippen molar-refractivity contribution in [2.45, 2.75) is 6.92 Å². The molecular formula is C15H11NO2. The number of aryl methyl sites for hydroxylation is 1. The summed E-state index contributed by atoms with van der Waals surface area (Å²) in [6.45, 7) is 1.82. The topological polar surface area (TPSA) is 43.1 Å². The van der Waals surface area contributed by atoms with Crippen LogP contribution < -0.4 is 0 Å². The number of carbonyl (C=O) groups is 1. The van der Waals surface area contributed by atoms with E-state index >= 15 is 0 Å². The lowest BCUT2D eigenvalue weighted by Crippen LogP contribution is -2.03. The largest absolute Gasteiger partial charge is 0.453 e. The smallest absolute Gasteiger partial charge is 0.230 e. The summed E-state index contributed by atoms with van der Waals surface area (Å²) in [6, 6.07) is 12.9. The molecule has 0 aliphatic rings. The lowest BCUT2D eigenvalue weighted by atomic mass is 10.1. The second kappa shape index (κ2) is 4.11. The monoisotopic (exact) mass is 237 g/mol. The van der Waals surface area contributed by atoms with E-state index in [1.165, 1.54) is 0 Å². The molecule has 0 fully saturated rings. The number of aromatic nitrogens is 1. The molecule has 1 aromatic carbocycles. The highest BCUT2D eigenvalue weighted by Crippen LogP contribution is 2.21. The number of carbonyl (C=O) groups excluding carboxylic acids is 1. The van der Waals surface area contributed by atoms with Gasteiger partial charge in [0.25, 0.3) is 0 Å². The van der Waals surface area contributed by atoms with Crippen LogP contribution in [0.4, 0.5) is 0 Å². The quantitative estimate of drug-likeness (QED) is 0.642. The van der Waals surface area contributed by atoms with Gasteiger partial charge in [-0.05, 0) is 31.2 Å². The van der Waals surface area contributed by atoms with Crippen LogP contribution in [-0.4, -0.2) is 10.8 Å². The van der Waals surface area contributed by atoms with E-state index in [9.17, 15) is 4.79 Å². The first kappa shape index (κ1) is 10.7. The Morgan fingerprint density at radius 3 is 2.78 bits per heavy atom. The first-order valence-corrected chi connectivity index (χ1v) is 5.70. The van der Waals surface area contributed by atoms with Crippen LogP contribution in [0.3, 0.4) is 0 Å². The zero-order valence-corrected chi connectivity index (χ0v) is 9.88. The molecule has 0 bridgehead atoms. The lowest BCUT2D eigenvalue weighted by molar-refractivity contribution is 0.101. The SMILES string of the molecule is Cc1ncccc1C(=O)c1cc2ccccc2o1. The molecule has 0 saturated heterocycles. The first-order valence-electron chi connectivity index (χ1n) is 5.70. The molecule has 3 heteroatoms. The Kier molecular flexibility index (Phi) is 2.45.